The third-order valence-corrected chi connectivity index (χ3v) is 5.53. The van der Waals surface area contributed by atoms with Gasteiger partial charge in [-0.05, 0) is 37.7 Å². The minimum absolute atomic E-state index is 0. The summed E-state index contributed by atoms with van der Waals surface area (Å²) in [6.45, 7) is 4.17. The minimum Gasteiger partial charge on any atom is -0.870 e. The molecule has 1 aromatic rings. The Hall–Kier alpha value is -0.860. The van der Waals surface area contributed by atoms with Crippen molar-refractivity contribution in [2.24, 2.45) is 0 Å². The molecule has 1 saturated heterocycles. The van der Waals surface area contributed by atoms with Gasteiger partial charge >= 0.3 is 0 Å². The van der Waals surface area contributed by atoms with Crippen molar-refractivity contribution in [2.75, 3.05) is 26.7 Å². The lowest BCUT2D eigenvalue weighted by Crippen LogP contribution is -2.54. The minimum atomic E-state index is 0. The van der Waals surface area contributed by atoms with E-state index in [1.54, 1.807) is 5.56 Å². The number of rotatable bonds is 3. The molecule has 0 aromatic heterocycles. The van der Waals surface area contributed by atoms with Gasteiger partial charge < -0.3 is 9.96 Å². The van der Waals surface area contributed by atoms with Crippen LogP contribution in [0.5, 0.6) is 0 Å². The maximum atomic E-state index is 2.50. The molecule has 1 aromatic carbocycles. The molecule has 0 radical (unpaired) electrons. The van der Waals surface area contributed by atoms with E-state index in [9.17, 15) is 0 Å². The molecule has 0 bridgehead atoms. The van der Waals surface area contributed by atoms with Crippen molar-refractivity contribution in [3.05, 3.63) is 35.9 Å². The van der Waals surface area contributed by atoms with E-state index in [0.29, 0.717) is 5.41 Å². The van der Waals surface area contributed by atoms with E-state index < -0.39 is 0 Å². The van der Waals surface area contributed by atoms with Gasteiger partial charge in [0.2, 0.25) is 0 Å². The van der Waals surface area contributed by atoms with Crippen molar-refractivity contribution in [2.45, 2.75) is 50.4 Å². The van der Waals surface area contributed by atoms with Crippen LogP contribution in [0.15, 0.2) is 30.3 Å². The number of likely N-dealkylation sites (tertiary alicyclic amines) is 1. The monoisotopic (exact) mass is 275 g/mol. The fraction of sp³-hybridized carbons (Fsp3) is 0.667. The Morgan fingerprint density at radius 2 is 1.50 bits per heavy atom. The van der Waals surface area contributed by atoms with Crippen LogP contribution in [0.3, 0.4) is 0 Å². The van der Waals surface area contributed by atoms with Gasteiger partial charge in [0.25, 0.3) is 0 Å². The van der Waals surface area contributed by atoms with Crippen molar-refractivity contribution < 1.29 is 9.96 Å². The Labute approximate surface area is 123 Å². The lowest BCUT2D eigenvalue weighted by Gasteiger charge is -2.44. The summed E-state index contributed by atoms with van der Waals surface area (Å²) in [5.74, 6) is 0. The quantitative estimate of drug-likeness (QED) is 0.768. The molecule has 3 rings (SSSR count). The number of hydrogen-bond donors (Lipinski definition) is 0. The average Bonchev–Trinajstić information content (AvgIpc) is 2.90. The van der Waals surface area contributed by atoms with E-state index in [4.69, 9.17) is 0 Å². The zero-order valence-electron chi connectivity index (χ0n) is 12.9. The highest BCUT2D eigenvalue weighted by molar-refractivity contribution is 5.26. The van der Waals surface area contributed by atoms with Crippen molar-refractivity contribution in [3.8, 4) is 0 Å². The van der Waals surface area contributed by atoms with Gasteiger partial charge in [0.15, 0.2) is 0 Å². The van der Waals surface area contributed by atoms with Crippen LogP contribution in [-0.4, -0.2) is 36.6 Å². The van der Waals surface area contributed by atoms with Crippen LogP contribution >= 0.6 is 0 Å². The Morgan fingerprint density at radius 3 is 2.10 bits per heavy atom. The number of nitrogens with zero attached hydrogens (tertiary/aromatic N) is 1. The number of hydrogen-bond acceptors (Lipinski definition) is 1. The summed E-state index contributed by atoms with van der Waals surface area (Å²) < 4.78 is 1.31. The van der Waals surface area contributed by atoms with Crippen LogP contribution in [0.2, 0.25) is 0 Å². The zero-order valence-corrected chi connectivity index (χ0v) is 12.9. The fourth-order valence-electron chi connectivity index (χ4n) is 4.55. The Balaban J connectivity index is 0.00000147. The standard InChI is InChI=1S/C18H28N.H2O/c1-19(14-8-3-9-15-19)16-18(12-6-7-13-18)17-10-4-2-5-11-17;/h2,4-5,10-11H,3,6-9,12-16H2,1H3;1H2/q+1;/p-1. The Kier molecular flexibility index (Phi) is 4.87. The topological polar surface area (TPSA) is 30.0 Å². The second-order valence-corrected chi connectivity index (χ2v) is 7.14. The first-order chi connectivity index (χ1) is 9.23. The summed E-state index contributed by atoms with van der Waals surface area (Å²) >= 11 is 0. The van der Waals surface area contributed by atoms with Crippen LogP contribution in [-0.2, 0) is 5.41 Å². The second kappa shape index (κ2) is 6.28. The highest BCUT2D eigenvalue weighted by Crippen LogP contribution is 2.43. The average molecular weight is 275 g/mol. The smallest absolute Gasteiger partial charge is 0.0882 e. The maximum absolute atomic E-state index is 2.50. The van der Waals surface area contributed by atoms with Crippen LogP contribution in [0, 0.1) is 0 Å². The molecule has 2 fully saturated rings. The van der Waals surface area contributed by atoms with Gasteiger partial charge in [-0.15, -0.1) is 0 Å². The fourth-order valence-corrected chi connectivity index (χ4v) is 4.55. The first-order valence-electron chi connectivity index (χ1n) is 8.12. The van der Waals surface area contributed by atoms with Gasteiger partial charge in [0, 0.05) is 5.41 Å². The normalized spacial score (nSPS) is 24.1. The van der Waals surface area contributed by atoms with E-state index in [2.05, 4.69) is 37.4 Å². The Morgan fingerprint density at radius 1 is 0.900 bits per heavy atom. The van der Waals surface area contributed by atoms with Gasteiger partial charge in [-0.25, -0.2) is 0 Å². The van der Waals surface area contributed by atoms with E-state index in [-0.39, 0.29) is 5.48 Å². The molecule has 1 N–H and O–H groups in total. The first-order valence-corrected chi connectivity index (χ1v) is 8.12. The van der Waals surface area contributed by atoms with Crippen LogP contribution in [0.4, 0.5) is 0 Å². The van der Waals surface area contributed by atoms with Crippen molar-refractivity contribution in [1.29, 1.82) is 0 Å². The van der Waals surface area contributed by atoms with E-state index in [0.717, 1.165) is 0 Å². The highest BCUT2D eigenvalue weighted by Gasteiger charge is 2.42. The number of piperidine rings is 1. The van der Waals surface area contributed by atoms with E-state index >= 15 is 0 Å². The van der Waals surface area contributed by atoms with E-state index in [1.807, 2.05) is 0 Å². The summed E-state index contributed by atoms with van der Waals surface area (Å²) in [5, 5.41) is 0. The van der Waals surface area contributed by atoms with Gasteiger partial charge in [0.1, 0.15) is 0 Å². The van der Waals surface area contributed by atoms with Gasteiger partial charge in [-0.3, -0.25) is 0 Å². The predicted molar refractivity (Wildman–Crippen MR) is 83.2 cm³/mol. The summed E-state index contributed by atoms with van der Waals surface area (Å²) in [6, 6.07) is 11.4. The highest BCUT2D eigenvalue weighted by atomic mass is 16.0. The molecule has 1 heterocycles. The lowest BCUT2D eigenvalue weighted by molar-refractivity contribution is -0.918. The van der Waals surface area contributed by atoms with Crippen LogP contribution in [0.25, 0.3) is 0 Å². The third kappa shape index (κ3) is 3.07. The summed E-state index contributed by atoms with van der Waals surface area (Å²) in [4.78, 5) is 0. The molecular formula is C18H29NO. The Bertz CT molecular complexity index is 403. The first kappa shape index (κ1) is 15.5. The van der Waals surface area contributed by atoms with Crippen molar-refractivity contribution in [1.82, 2.24) is 0 Å². The van der Waals surface area contributed by atoms with Crippen molar-refractivity contribution in [3.63, 3.8) is 0 Å². The van der Waals surface area contributed by atoms with Crippen molar-refractivity contribution >= 4 is 0 Å². The molecule has 2 aliphatic rings. The number of benzene rings is 1. The molecule has 2 heteroatoms. The van der Waals surface area contributed by atoms with Gasteiger partial charge in [-0.2, -0.15) is 0 Å². The molecule has 20 heavy (non-hydrogen) atoms. The van der Waals surface area contributed by atoms with Gasteiger partial charge in [-0.1, -0.05) is 43.2 Å². The maximum Gasteiger partial charge on any atom is 0.0882 e. The largest absolute Gasteiger partial charge is 0.870 e. The molecule has 1 saturated carbocycles. The molecule has 2 nitrogen and oxygen atoms in total. The number of quaternary nitrogens is 1. The second-order valence-electron chi connectivity index (χ2n) is 7.14. The molecule has 0 amide bonds. The molecule has 0 unspecified atom stereocenters. The lowest BCUT2D eigenvalue weighted by atomic mass is 9.77. The number of likely N-dealkylation sites (N-methyl/N-ethyl adjacent to an activating group) is 1. The molecule has 1 aliphatic carbocycles. The third-order valence-electron chi connectivity index (χ3n) is 5.53. The molecule has 112 valence electrons. The van der Waals surface area contributed by atoms with E-state index in [1.165, 1.54) is 69.1 Å². The zero-order chi connectivity index (χ0) is 13.2. The summed E-state index contributed by atoms with van der Waals surface area (Å²) in [5.41, 5.74) is 2.09. The molecule has 0 atom stereocenters. The van der Waals surface area contributed by atoms with Crippen LogP contribution < -0.4 is 0 Å². The SMILES string of the molecule is C[N+]1(CC2(c3ccccc3)CCCC2)CCCCC1.[OH-]. The molecule has 0 spiro atoms. The molecule has 1 aliphatic heterocycles. The summed E-state index contributed by atoms with van der Waals surface area (Å²) in [7, 11) is 2.50. The summed E-state index contributed by atoms with van der Waals surface area (Å²) in [6.07, 6.45) is 9.98. The predicted octanol–water partition coefficient (Wildman–Crippen LogP) is 3.95. The van der Waals surface area contributed by atoms with Crippen LogP contribution in [0.1, 0.15) is 50.5 Å². The van der Waals surface area contributed by atoms with Gasteiger partial charge in [0.05, 0.1) is 26.7 Å². The molecular weight excluding hydrogens is 246 g/mol.